The third-order valence-electron chi connectivity index (χ3n) is 7.11. The number of nitrogens with zero attached hydrogens (tertiary/aromatic N) is 2. The van der Waals surface area contributed by atoms with Gasteiger partial charge in [-0.2, -0.15) is 0 Å². The maximum Gasteiger partial charge on any atom is 0.335 e. The molecule has 7 heteroatoms. The first-order valence-corrected chi connectivity index (χ1v) is 13.1. The highest BCUT2D eigenvalue weighted by Gasteiger charge is 2.37. The van der Waals surface area contributed by atoms with Crippen molar-refractivity contribution >= 4 is 40.5 Å². The topological polar surface area (TPSA) is 80.6 Å². The van der Waals surface area contributed by atoms with E-state index in [0.29, 0.717) is 18.8 Å². The molecule has 0 bridgehead atoms. The summed E-state index contributed by atoms with van der Waals surface area (Å²) in [6.45, 7) is 7.43. The molecular weight excluding hydrogens is 490 g/mol. The number of carbonyl (C=O) groups excluding carboxylic acids is 3. The predicted molar refractivity (Wildman–Crippen MR) is 153 cm³/mol. The molecule has 1 saturated heterocycles. The van der Waals surface area contributed by atoms with Crippen LogP contribution in [0.5, 0.6) is 5.75 Å². The van der Waals surface area contributed by atoms with Crippen LogP contribution < -0.4 is 15.0 Å². The normalized spacial score (nSPS) is 14.8. The molecule has 1 aromatic heterocycles. The molecule has 198 valence electrons. The first-order chi connectivity index (χ1) is 18.9. The zero-order valence-electron chi connectivity index (χ0n) is 22.4. The highest BCUT2D eigenvalue weighted by molar-refractivity contribution is 6.39. The van der Waals surface area contributed by atoms with Gasteiger partial charge in [-0.05, 0) is 79.8 Å². The first kappa shape index (κ1) is 26.0. The Kier molecular flexibility index (Phi) is 7.32. The Balaban J connectivity index is 1.38. The summed E-state index contributed by atoms with van der Waals surface area (Å²) in [5.74, 6) is -0.497. The van der Waals surface area contributed by atoms with Gasteiger partial charge >= 0.3 is 6.03 Å². The van der Waals surface area contributed by atoms with Gasteiger partial charge in [0, 0.05) is 29.2 Å². The van der Waals surface area contributed by atoms with Crippen LogP contribution in [0.1, 0.15) is 35.6 Å². The summed E-state index contributed by atoms with van der Waals surface area (Å²) in [5, 5.41) is 3.23. The number of hydrogen-bond acceptors (Lipinski definition) is 4. The highest BCUT2D eigenvalue weighted by Crippen LogP contribution is 2.27. The summed E-state index contributed by atoms with van der Waals surface area (Å²) >= 11 is 0. The van der Waals surface area contributed by atoms with E-state index in [2.05, 4.69) is 29.8 Å². The van der Waals surface area contributed by atoms with Crippen LogP contribution in [0.3, 0.4) is 0 Å². The van der Waals surface area contributed by atoms with Crippen molar-refractivity contribution in [2.24, 2.45) is 0 Å². The smallest absolute Gasteiger partial charge is 0.335 e. The number of hydrogen-bond donors (Lipinski definition) is 1. The standard InChI is InChI=1S/C32H31N3O4/c1-4-23-11-13-25(14-12-23)35-31(37)28(30(36)33-32(35)38)19-24-20-34(29-9-6-5-8-27(24)29)16-7-17-39-26-15-10-21(2)22(3)18-26/h5-6,8-15,18-20H,4,7,16-17H2,1-3H3,(H,33,36,38). The van der Waals surface area contributed by atoms with Gasteiger partial charge in [0.05, 0.1) is 12.3 Å². The fourth-order valence-electron chi connectivity index (χ4n) is 4.73. The molecule has 1 N–H and O–H groups in total. The number of anilines is 1. The van der Waals surface area contributed by atoms with E-state index in [1.54, 1.807) is 18.2 Å². The van der Waals surface area contributed by atoms with E-state index in [0.717, 1.165) is 45.5 Å². The second kappa shape index (κ2) is 11.0. The second-order valence-corrected chi connectivity index (χ2v) is 9.72. The van der Waals surface area contributed by atoms with Crippen LogP contribution in [0.2, 0.25) is 0 Å². The number of aryl methyl sites for hydroxylation is 4. The summed E-state index contributed by atoms with van der Waals surface area (Å²) in [7, 11) is 0. The van der Waals surface area contributed by atoms with Crippen molar-refractivity contribution in [3.63, 3.8) is 0 Å². The lowest BCUT2D eigenvalue weighted by Crippen LogP contribution is -2.54. The summed E-state index contributed by atoms with van der Waals surface area (Å²) < 4.78 is 8.05. The molecule has 0 radical (unpaired) electrons. The molecule has 7 nitrogen and oxygen atoms in total. The Bertz CT molecular complexity index is 1600. The number of nitrogens with one attached hydrogen (secondary N) is 1. The van der Waals surface area contributed by atoms with Crippen molar-refractivity contribution in [2.75, 3.05) is 11.5 Å². The zero-order valence-corrected chi connectivity index (χ0v) is 22.4. The minimum absolute atomic E-state index is 0.0878. The lowest BCUT2D eigenvalue weighted by molar-refractivity contribution is -0.122. The number of carbonyl (C=O) groups is 3. The third kappa shape index (κ3) is 5.34. The van der Waals surface area contributed by atoms with Gasteiger partial charge in [0.2, 0.25) is 0 Å². The number of amides is 4. The van der Waals surface area contributed by atoms with Gasteiger partial charge in [0.25, 0.3) is 11.8 Å². The Hall–Kier alpha value is -4.65. The predicted octanol–water partition coefficient (Wildman–Crippen LogP) is 5.96. The summed E-state index contributed by atoms with van der Waals surface area (Å²) in [6.07, 6.45) is 5.12. The van der Waals surface area contributed by atoms with E-state index in [-0.39, 0.29) is 5.57 Å². The van der Waals surface area contributed by atoms with Crippen molar-refractivity contribution in [1.82, 2.24) is 9.88 Å². The molecule has 1 aliphatic heterocycles. The van der Waals surface area contributed by atoms with E-state index >= 15 is 0 Å². The molecule has 1 fully saturated rings. The number of urea groups is 1. The molecular formula is C32H31N3O4. The number of para-hydroxylation sites is 1. The molecule has 1 aliphatic rings. The number of imide groups is 2. The minimum atomic E-state index is -0.752. The first-order valence-electron chi connectivity index (χ1n) is 13.1. The molecule has 5 rings (SSSR count). The Morgan fingerprint density at radius 2 is 1.69 bits per heavy atom. The van der Waals surface area contributed by atoms with Gasteiger partial charge in [-0.25, -0.2) is 9.69 Å². The van der Waals surface area contributed by atoms with Gasteiger partial charge < -0.3 is 9.30 Å². The number of rotatable bonds is 8. The van der Waals surface area contributed by atoms with Crippen LogP contribution >= 0.6 is 0 Å². The summed E-state index contributed by atoms with van der Waals surface area (Å²) in [5.41, 5.74) is 5.56. The van der Waals surface area contributed by atoms with Crippen LogP contribution in [0.4, 0.5) is 10.5 Å². The molecule has 2 heterocycles. The van der Waals surface area contributed by atoms with Crippen molar-refractivity contribution in [3.05, 3.63) is 101 Å². The molecule has 0 saturated carbocycles. The number of ether oxygens (including phenoxy) is 1. The van der Waals surface area contributed by atoms with E-state index in [1.807, 2.05) is 61.7 Å². The van der Waals surface area contributed by atoms with Crippen molar-refractivity contribution < 1.29 is 19.1 Å². The third-order valence-corrected chi connectivity index (χ3v) is 7.11. The highest BCUT2D eigenvalue weighted by atomic mass is 16.5. The van der Waals surface area contributed by atoms with Gasteiger partial charge in [-0.15, -0.1) is 0 Å². The maximum atomic E-state index is 13.4. The fourth-order valence-corrected chi connectivity index (χ4v) is 4.73. The Labute approximate surface area is 227 Å². The van der Waals surface area contributed by atoms with Crippen LogP contribution in [-0.4, -0.2) is 29.0 Å². The largest absolute Gasteiger partial charge is 0.494 e. The molecule has 0 unspecified atom stereocenters. The number of aromatic nitrogens is 1. The molecule has 0 atom stereocenters. The number of fused-ring (bicyclic) bond motifs is 1. The van der Waals surface area contributed by atoms with Gasteiger partial charge in [0.15, 0.2) is 0 Å². The van der Waals surface area contributed by atoms with E-state index in [4.69, 9.17) is 4.74 Å². The molecule has 39 heavy (non-hydrogen) atoms. The van der Waals surface area contributed by atoms with Crippen molar-refractivity contribution in [2.45, 2.75) is 40.2 Å². The number of benzene rings is 3. The van der Waals surface area contributed by atoms with E-state index < -0.39 is 17.8 Å². The number of barbiturate groups is 1. The molecule has 0 aliphatic carbocycles. The van der Waals surface area contributed by atoms with Crippen LogP contribution in [0.25, 0.3) is 17.0 Å². The minimum Gasteiger partial charge on any atom is -0.494 e. The van der Waals surface area contributed by atoms with E-state index in [9.17, 15) is 14.4 Å². The van der Waals surface area contributed by atoms with Crippen LogP contribution in [-0.2, 0) is 22.6 Å². The Morgan fingerprint density at radius 1 is 0.923 bits per heavy atom. The zero-order chi connectivity index (χ0) is 27.5. The Morgan fingerprint density at radius 3 is 2.44 bits per heavy atom. The summed E-state index contributed by atoms with van der Waals surface area (Å²) in [6, 6.07) is 20.4. The lowest BCUT2D eigenvalue weighted by Gasteiger charge is -2.26. The average Bonchev–Trinajstić information content (AvgIpc) is 3.28. The maximum absolute atomic E-state index is 13.4. The molecule has 3 aromatic carbocycles. The van der Waals surface area contributed by atoms with Crippen molar-refractivity contribution in [3.8, 4) is 5.75 Å². The van der Waals surface area contributed by atoms with Gasteiger partial charge in [0.1, 0.15) is 11.3 Å². The SMILES string of the molecule is CCc1ccc(N2C(=O)NC(=O)C(=Cc3cn(CCCOc4ccc(C)c(C)c4)c4ccccc34)C2=O)cc1. The second-order valence-electron chi connectivity index (χ2n) is 9.72. The summed E-state index contributed by atoms with van der Waals surface area (Å²) in [4.78, 5) is 39.8. The fraction of sp³-hybridized carbons (Fsp3) is 0.219. The monoisotopic (exact) mass is 521 g/mol. The lowest BCUT2D eigenvalue weighted by atomic mass is 10.1. The molecule has 4 amide bonds. The van der Waals surface area contributed by atoms with Crippen LogP contribution in [0.15, 0.2) is 78.5 Å². The van der Waals surface area contributed by atoms with Crippen molar-refractivity contribution in [1.29, 1.82) is 0 Å². The molecule has 0 spiro atoms. The quantitative estimate of drug-likeness (QED) is 0.176. The molecule has 4 aromatic rings. The van der Waals surface area contributed by atoms with Gasteiger partial charge in [-0.3, -0.25) is 14.9 Å². The van der Waals surface area contributed by atoms with Crippen LogP contribution in [0, 0.1) is 13.8 Å². The van der Waals surface area contributed by atoms with E-state index in [1.165, 1.54) is 11.1 Å². The van der Waals surface area contributed by atoms with Gasteiger partial charge in [-0.1, -0.05) is 43.3 Å². The average molecular weight is 522 g/mol.